The Morgan fingerprint density at radius 3 is 1.19 bits per heavy atom. The number of rotatable bonds is 5. The van der Waals surface area contributed by atoms with E-state index in [1.165, 1.54) is 21.1 Å². The Morgan fingerprint density at radius 2 is 0.806 bits per heavy atom. The van der Waals surface area contributed by atoms with E-state index < -0.39 is 8.07 Å². The third-order valence-corrected chi connectivity index (χ3v) is 10.5. The van der Waals surface area contributed by atoms with Crippen molar-refractivity contribution < 1.29 is 0 Å². The second-order valence-electron chi connectivity index (χ2n) is 7.65. The minimum absolute atomic E-state index is 1.14. The van der Waals surface area contributed by atoms with Gasteiger partial charge in [0.15, 0.2) is 0 Å². The summed E-state index contributed by atoms with van der Waals surface area (Å²) in [6.07, 6.45) is 2.03. The molecule has 1 nitrogen and oxygen atoms in total. The maximum atomic E-state index is 5.12. The standard InChI is InChI=1S/C29H23NSi/c1-5-13-24(14-6-1)25-21-22-29(30-23-25)31(26-15-7-2-8-16-26,27-17-9-3-10-18-27)28-19-11-4-12-20-28/h1-23H. The third kappa shape index (κ3) is 3.52. The number of nitrogens with zero attached hydrogens (tertiary/aromatic N) is 1. The maximum Gasteiger partial charge on any atom is 0.201 e. The van der Waals surface area contributed by atoms with Gasteiger partial charge >= 0.3 is 0 Å². The molecule has 4 aromatic carbocycles. The molecule has 0 saturated heterocycles. The third-order valence-electron chi connectivity index (χ3n) is 5.88. The predicted molar refractivity (Wildman–Crippen MR) is 133 cm³/mol. The van der Waals surface area contributed by atoms with E-state index in [4.69, 9.17) is 4.98 Å². The van der Waals surface area contributed by atoms with Gasteiger partial charge in [0, 0.05) is 11.5 Å². The fraction of sp³-hybridized carbons (Fsp3) is 0. The Bertz CT molecular complexity index is 1140. The van der Waals surface area contributed by atoms with Gasteiger partial charge in [-0.3, -0.25) is 4.98 Å². The molecular formula is C29H23NSi. The van der Waals surface area contributed by atoms with Gasteiger partial charge in [-0.2, -0.15) is 0 Å². The topological polar surface area (TPSA) is 12.9 Å². The molecule has 0 aliphatic rings. The lowest BCUT2D eigenvalue weighted by Crippen LogP contribution is -2.75. The Balaban J connectivity index is 1.78. The number of aromatic nitrogens is 1. The van der Waals surface area contributed by atoms with Crippen molar-refractivity contribution in [3.05, 3.63) is 140 Å². The number of benzene rings is 4. The molecule has 0 radical (unpaired) electrons. The molecule has 1 heterocycles. The lowest BCUT2D eigenvalue weighted by Gasteiger charge is -2.33. The summed E-state index contributed by atoms with van der Waals surface area (Å²) in [4.78, 5) is 5.12. The normalized spacial score (nSPS) is 11.2. The second-order valence-corrected chi connectivity index (χ2v) is 11.4. The van der Waals surface area contributed by atoms with E-state index in [2.05, 4.69) is 127 Å². The average Bonchev–Trinajstić information content (AvgIpc) is 2.88. The Hall–Kier alpha value is -3.75. The Kier molecular flexibility index (Phi) is 5.30. The van der Waals surface area contributed by atoms with Crippen molar-refractivity contribution in [3.8, 4) is 11.1 Å². The number of pyridine rings is 1. The highest BCUT2D eigenvalue weighted by Gasteiger charge is 2.42. The van der Waals surface area contributed by atoms with Crippen LogP contribution in [-0.2, 0) is 0 Å². The molecule has 0 bridgehead atoms. The summed E-state index contributed by atoms with van der Waals surface area (Å²) in [5.74, 6) is 0. The minimum Gasteiger partial charge on any atom is -0.264 e. The largest absolute Gasteiger partial charge is 0.264 e. The maximum absolute atomic E-state index is 5.12. The lowest BCUT2D eigenvalue weighted by atomic mass is 10.1. The van der Waals surface area contributed by atoms with Crippen molar-refractivity contribution in [2.75, 3.05) is 0 Å². The summed E-state index contributed by atoms with van der Waals surface area (Å²) in [6, 6.07) is 47.6. The van der Waals surface area contributed by atoms with Gasteiger partial charge in [0.05, 0.1) is 0 Å². The summed E-state index contributed by atoms with van der Waals surface area (Å²) in [5.41, 5.74) is 2.33. The molecule has 0 fully saturated rings. The molecule has 0 aliphatic carbocycles. The van der Waals surface area contributed by atoms with Gasteiger partial charge < -0.3 is 0 Å². The molecule has 1 aromatic heterocycles. The zero-order valence-corrected chi connectivity index (χ0v) is 18.2. The summed E-state index contributed by atoms with van der Waals surface area (Å²) in [7, 11) is -2.53. The monoisotopic (exact) mass is 413 g/mol. The van der Waals surface area contributed by atoms with Crippen molar-refractivity contribution in [1.82, 2.24) is 4.98 Å². The van der Waals surface area contributed by atoms with Gasteiger partial charge in [-0.05, 0) is 32.8 Å². The van der Waals surface area contributed by atoms with Gasteiger partial charge in [-0.25, -0.2) is 0 Å². The number of hydrogen-bond donors (Lipinski definition) is 0. The van der Waals surface area contributed by atoms with E-state index in [9.17, 15) is 0 Å². The Labute approximate surface area is 184 Å². The van der Waals surface area contributed by atoms with Gasteiger partial charge in [0.1, 0.15) is 0 Å². The van der Waals surface area contributed by atoms with E-state index in [0.29, 0.717) is 0 Å². The van der Waals surface area contributed by atoms with Gasteiger partial charge in [-0.1, -0.05) is 127 Å². The first kappa shape index (κ1) is 19.2. The van der Waals surface area contributed by atoms with Crippen LogP contribution < -0.4 is 20.9 Å². The van der Waals surface area contributed by atoms with E-state index in [1.54, 1.807) is 0 Å². The first-order valence-electron chi connectivity index (χ1n) is 10.6. The summed E-state index contributed by atoms with van der Waals surface area (Å²) < 4.78 is 0. The van der Waals surface area contributed by atoms with E-state index in [0.717, 1.165) is 10.9 Å². The molecule has 2 heteroatoms. The average molecular weight is 414 g/mol. The van der Waals surface area contributed by atoms with Crippen LogP contribution in [0.25, 0.3) is 11.1 Å². The van der Waals surface area contributed by atoms with Crippen molar-refractivity contribution in [1.29, 1.82) is 0 Å². The van der Waals surface area contributed by atoms with Crippen molar-refractivity contribution in [3.63, 3.8) is 0 Å². The van der Waals surface area contributed by atoms with Crippen LogP contribution in [0.1, 0.15) is 0 Å². The van der Waals surface area contributed by atoms with Crippen LogP contribution in [-0.4, -0.2) is 13.1 Å². The SMILES string of the molecule is c1ccc(-c2ccc([Si](c3ccccc3)(c3ccccc3)c3ccccc3)nc2)cc1. The fourth-order valence-electron chi connectivity index (χ4n) is 4.43. The quantitative estimate of drug-likeness (QED) is 0.312. The molecule has 0 aliphatic heterocycles. The van der Waals surface area contributed by atoms with E-state index in [-0.39, 0.29) is 0 Å². The summed E-state index contributed by atoms with van der Waals surface area (Å²) in [5, 5.41) is 5.17. The van der Waals surface area contributed by atoms with Crippen LogP contribution in [0.15, 0.2) is 140 Å². The van der Waals surface area contributed by atoms with Crippen molar-refractivity contribution >= 4 is 29.0 Å². The molecular weight excluding hydrogens is 390 g/mol. The van der Waals surface area contributed by atoms with Gasteiger partial charge in [0.25, 0.3) is 0 Å². The second kappa shape index (κ2) is 8.55. The smallest absolute Gasteiger partial charge is 0.201 e. The zero-order chi connectivity index (χ0) is 20.9. The van der Waals surface area contributed by atoms with E-state index >= 15 is 0 Å². The number of hydrogen-bond acceptors (Lipinski definition) is 1. The highest BCUT2D eigenvalue weighted by Crippen LogP contribution is 2.17. The highest BCUT2D eigenvalue weighted by molar-refractivity contribution is 7.19. The van der Waals surface area contributed by atoms with Gasteiger partial charge in [0.2, 0.25) is 8.07 Å². The molecule has 148 valence electrons. The van der Waals surface area contributed by atoms with Crippen LogP contribution in [0, 0.1) is 0 Å². The van der Waals surface area contributed by atoms with Crippen molar-refractivity contribution in [2.45, 2.75) is 0 Å². The first-order chi connectivity index (χ1) is 15.4. The molecule has 0 atom stereocenters. The molecule has 0 amide bonds. The van der Waals surface area contributed by atoms with Crippen LogP contribution >= 0.6 is 0 Å². The minimum atomic E-state index is -2.53. The molecule has 5 rings (SSSR count). The van der Waals surface area contributed by atoms with Crippen LogP contribution in [0.4, 0.5) is 0 Å². The molecule has 0 saturated carbocycles. The van der Waals surface area contributed by atoms with Crippen LogP contribution in [0.5, 0.6) is 0 Å². The lowest BCUT2D eigenvalue weighted by molar-refractivity contribution is 1.37. The zero-order valence-electron chi connectivity index (χ0n) is 17.2. The van der Waals surface area contributed by atoms with Crippen LogP contribution in [0.2, 0.25) is 0 Å². The highest BCUT2D eigenvalue weighted by atomic mass is 28.3. The van der Waals surface area contributed by atoms with Gasteiger partial charge in [-0.15, -0.1) is 0 Å². The molecule has 0 spiro atoms. The van der Waals surface area contributed by atoms with Crippen LogP contribution in [0.3, 0.4) is 0 Å². The Morgan fingerprint density at radius 1 is 0.387 bits per heavy atom. The predicted octanol–water partition coefficient (Wildman–Crippen LogP) is 4.13. The van der Waals surface area contributed by atoms with E-state index in [1.807, 2.05) is 12.3 Å². The molecule has 31 heavy (non-hydrogen) atoms. The molecule has 0 unspecified atom stereocenters. The van der Waals surface area contributed by atoms with Crippen molar-refractivity contribution in [2.24, 2.45) is 0 Å². The summed E-state index contributed by atoms with van der Waals surface area (Å²) >= 11 is 0. The summed E-state index contributed by atoms with van der Waals surface area (Å²) in [6.45, 7) is 0. The first-order valence-corrected chi connectivity index (χ1v) is 12.6. The molecule has 5 aromatic rings. The fourth-order valence-corrected chi connectivity index (χ4v) is 8.98. The molecule has 0 N–H and O–H groups in total.